The third-order valence-corrected chi connectivity index (χ3v) is 4.73. The lowest BCUT2D eigenvalue weighted by Gasteiger charge is -2.29. The van der Waals surface area contributed by atoms with E-state index in [0.29, 0.717) is 24.1 Å². The second-order valence-corrected chi connectivity index (χ2v) is 6.18. The quantitative estimate of drug-likeness (QED) is 0.780. The largest absolute Gasteiger partial charge is 0.476 e. The molecule has 0 atom stereocenters. The van der Waals surface area contributed by atoms with Gasteiger partial charge in [0, 0.05) is 30.8 Å². The van der Waals surface area contributed by atoms with Gasteiger partial charge < -0.3 is 15.3 Å². The second kappa shape index (κ2) is 5.67. The lowest BCUT2D eigenvalue weighted by atomic mass is 9.97. The van der Waals surface area contributed by atoms with Gasteiger partial charge in [0.05, 0.1) is 17.8 Å². The summed E-state index contributed by atoms with van der Waals surface area (Å²) in [5.74, 6) is -1.13. The van der Waals surface area contributed by atoms with E-state index in [1.54, 1.807) is 4.90 Å². The SMILES string of the molecule is O=C(O)c1n[nH]c2c1CN(C(=O)c1cccc3c1NCCC3)CC2. The average Bonchev–Trinajstić information content (AvgIpc) is 3.04. The molecule has 0 spiro atoms. The molecule has 2 aromatic rings. The summed E-state index contributed by atoms with van der Waals surface area (Å²) in [7, 11) is 0. The number of hydrogen-bond acceptors (Lipinski definition) is 4. The lowest BCUT2D eigenvalue weighted by Crippen LogP contribution is -2.37. The number of aryl methyl sites for hydroxylation is 1. The van der Waals surface area contributed by atoms with Crippen molar-refractivity contribution < 1.29 is 14.7 Å². The van der Waals surface area contributed by atoms with Crippen LogP contribution >= 0.6 is 0 Å². The van der Waals surface area contributed by atoms with Crippen molar-refractivity contribution >= 4 is 17.6 Å². The molecule has 1 aromatic carbocycles. The minimum atomic E-state index is -1.07. The van der Waals surface area contributed by atoms with E-state index in [0.717, 1.165) is 30.8 Å². The van der Waals surface area contributed by atoms with E-state index in [1.165, 1.54) is 5.56 Å². The van der Waals surface area contributed by atoms with Gasteiger partial charge in [-0.3, -0.25) is 9.89 Å². The van der Waals surface area contributed by atoms with Crippen LogP contribution in [0.3, 0.4) is 0 Å². The number of H-pyrrole nitrogens is 1. The molecule has 2 aliphatic rings. The number of aromatic carboxylic acids is 1. The van der Waals surface area contributed by atoms with Crippen LogP contribution < -0.4 is 5.32 Å². The van der Waals surface area contributed by atoms with E-state index in [-0.39, 0.29) is 18.1 Å². The first-order valence-electron chi connectivity index (χ1n) is 8.09. The maximum atomic E-state index is 13.0. The molecule has 4 rings (SSSR count). The van der Waals surface area contributed by atoms with Crippen LogP contribution in [0.1, 0.15) is 44.1 Å². The van der Waals surface area contributed by atoms with Gasteiger partial charge in [0.2, 0.25) is 0 Å². The molecule has 0 bridgehead atoms. The standard InChI is InChI=1S/C17H18N4O3/c22-16(11-5-1-3-10-4-2-7-18-14(10)11)21-8-6-13-12(9-21)15(17(23)24)20-19-13/h1,3,5,18H,2,4,6-9H2,(H,19,20)(H,23,24). The first-order chi connectivity index (χ1) is 11.6. The number of aromatic nitrogens is 2. The van der Waals surface area contributed by atoms with Gasteiger partial charge in [-0.15, -0.1) is 0 Å². The number of rotatable bonds is 2. The molecule has 0 saturated carbocycles. The Morgan fingerprint density at radius 1 is 1.25 bits per heavy atom. The molecular weight excluding hydrogens is 308 g/mol. The van der Waals surface area contributed by atoms with Crippen LogP contribution in [0, 0.1) is 0 Å². The van der Waals surface area contributed by atoms with E-state index in [4.69, 9.17) is 0 Å². The van der Waals surface area contributed by atoms with Crippen molar-refractivity contribution in [3.63, 3.8) is 0 Å². The molecule has 24 heavy (non-hydrogen) atoms. The fourth-order valence-corrected chi connectivity index (χ4v) is 3.50. The molecule has 2 aliphatic heterocycles. The maximum absolute atomic E-state index is 13.0. The predicted molar refractivity (Wildman–Crippen MR) is 87.2 cm³/mol. The van der Waals surface area contributed by atoms with E-state index >= 15 is 0 Å². The van der Waals surface area contributed by atoms with E-state index < -0.39 is 5.97 Å². The fraction of sp³-hybridized carbons (Fsp3) is 0.353. The summed E-state index contributed by atoms with van der Waals surface area (Å²) in [6, 6.07) is 5.79. The minimum Gasteiger partial charge on any atom is -0.476 e. The number of hydrogen-bond donors (Lipinski definition) is 3. The van der Waals surface area contributed by atoms with Gasteiger partial charge in [-0.05, 0) is 24.5 Å². The number of benzene rings is 1. The number of aromatic amines is 1. The van der Waals surface area contributed by atoms with Gasteiger partial charge in [0.25, 0.3) is 5.91 Å². The Labute approximate surface area is 138 Å². The first kappa shape index (κ1) is 14.7. The summed E-state index contributed by atoms with van der Waals surface area (Å²) in [5, 5.41) is 19.2. The van der Waals surface area contributed by atoms with E-state index in [2.05, 4.69) is 15.5 Å². The molecule has 7 heteroatoms. The van der Waals surface area contributed by atoms with Crippen LogP contribution in [0.5, 0.6) is 0 Å². The number of carbonyl (C=O) groups excluding carboxylic acids is 1. The van der Waals surface area contributed by atoms with Gasteiger partial charge in [-0.25, -0.2) is 4.79 Å². The van der Waals surface area contributed by atoms with Crippen molar-refractivity contribution in [2.24, 2.45) is 0 Å². The zero-order valence-corrected chi connectivity index (χ0v) is 13.1. The maximum Gasteiger partial charge on any atom is 0.356 e. The lowest BCUT2D eigenvalue weighted by molar-refractivity contribution is 0.0674. The predicted octanol–water partition coefficient (Wildman–Crippen LogP) is 1.66. The molecule has 1 amide bonds. The highest BCUT2D eigenvalue weighted by Gasteiger charge is 2.29. The fourth-order valence-electron chi connectivity index (χ4n) is 3.50. The van der Waals surface area contributed by atoms with Crippen LogP contribution in [0.4, 0.5) is 5.69 Å². The third kappa shape index (κ3) is 2.33. The van der Waals surface area contributed by atoms with Crippen LogP contribution in [-0.2, 0) is 19.4 Å². The number of nitrogens with zero attached hydrogens (tertiary/aromatic N) is 2. The Bertz CT molecular complexity index is 827. The number of amides is 1. The van der Waals surface area contributed by atoms with E-state index in [1.807, 2.05) is 18.2 Å². The molecule has 0 saturated heterocycles. The summed E-state index contributed by atoms with van der Waals surface area (Å²) >= 11 is 0. The van der Waals surface area contributed by atoms with Crippen molar-refractivity contribution in [1.29, 1.82) is 0 Å². The number of carboxylic acids is 1. The molecule has 3 heterocycles. The third-order valence-electron chi connectivity index (χ3n) is 4.73. The number of anilines is 1. The van der Waals surface area contributed by atoms with Gasteiger partial charge >= 0.3 is 5.97 Å². The Morgan fingerprint density at radius 2 is 2.12 bits per heavy atom. The summed E-state index contributed by atoms with van der Waals surface area (Å²) in [6.07, 6.45) is 2.62. The van der Waals surface area contributed by atoms with Gasteiger partial charge in [0.1, 0.15) is 0 Å². The van der Waals surface area contributed by atoms with Crippen molar-refractivity contribution in [3.8, 4) is 0 Å². The van der Waals surface area contributed by atoms with E-state index in [9.17, 15) is 14.7 Å². The van der Waals surface area contributed by atoms with Crippen molar-refractivity contribution in [2.45, 2.75) is 25.8 Å². The molecule has 0 aliphatic carbocycles. The first-order valence-corrected chi connectivity index (χ1v) is 8.09. The number of fused-ring (bicyclic) bond motifs is 2. The van der Waals surface area contributed by atoms with Crippen molar-refractivity contribution in [1.82, 2.24) is 15.1 Å². The number of nitrogens with one attached hydrogen (secondary N) is 2. The molecule has 0 unspecified atom stereocenters. The monoisotopic (exact) mass is 326 g/mol. The van der Waals surface area contributed by atoms with Crippen LogP contribution in [-0.4, -0.2) is 45.2 Å². The summed E-state index contributed by atoms with van der Waals surface area (Å²) in [5.41, 5.74) is 4.18. The highest BCUT2D eigenvalue weighted by Crippen LogP contribution is 2.29. The van der Waals surface area contributed by atoms with Gasteiger partial charge in [0.15, 0.2) is 5.69 Å². The van der Waals surface area contributed by atoms with Crippen LogP contribution in [0.2, 0.25) is 0 Å². The number of carbonyl (C=O) groups is 2. The highest BCUT2D eigenvalue weighted by molar-refractivity contribution is 6.00. The summed E-state index contributed by atoms with van der Waals surface area (Å²) in [6.45, 7) is 1.69. The molecule has 0 fully saturated rings. The molecule has 124 valence electrons. The molecule has 1 aromatic heterocycles. The molecular formula is C17H18N4O3. The number of para-hydroxylation sites is 1. The van der Waals surface area contributed by atoms with Crippen molar-refractivity contribution in [3.05, 3.63) is 46.3 Å². The molecule has 7 nitrogen and oxygen atoms in total. The van der Waals surface area contributed by atoms with Crippen LogP contribution in [0.15, 0.2) is 18.2 Å². The Hall–Kier alpha value is -2.83. The molecule has 3 N–H and O–H groups in total. The second-order valence-electron chi connectivity index (χ2n) is 6.18. The minimum absolute atomic E-state index is 0.00992. The van der Waals surface area contributed by atoms with Gasteiger partial charge in [-0.2, -0.15) is 5.10 Å². The number of carboxylic acid groups (broad SMARTS) is 1. The van der Waals surface area contributed by atoms with Crippen LogP contribution in [0.25, 0.3) is 0 Å². The Kier molecular flexibility index (Phi) is 3.48. The highest BCUT2D eigenvalue weighted by atomic mass is 16.4. The topological polar surface area (TPSA) is 98.3 Å². The Morgan fingerprint density at radius 3 is 2.96 bits per heavy atom. The summed E-state index contributed by atoms with van der Waals surface area (Å²) in [4.78, 5) is 26.0. The Balaban J connectivity index is 1.64. The van der Waals surface area contributed by atoms with Gasteiger partial charge in [-0.1, -0.05) is 12.1 Å². The summed E-state index contributed by atoms with van der Waals surface area (Å²) < 4.78 is 0. The zero-order valence-electron chi connectivity index (χ0n) is 13.1. The zero-order chi connectivity index (χ0) is 16.7. The molecule has 0 radical (unpaired) electrons. The van der Waals surface area contributed by atoms with Crippen molar-refractivity contribution in [2.75, 3.05) is 18.4 Å². The normalized spacial score (nSPS) is 16.1. The average molecular weight is 326 g/mol. The smallest absolute Gasteiger partial charge is 0.356 e.